The average Bonchev–Trinajstić information content (AvgIpc) is 3.38. The molecule has 1 aromatic heterocycles. The molecule has 25 heavy (non-hydrogen) atoms. The second kappa shape index (κ2) is 6.66. The monoisotopic (exact) mass is 328 g/mol. The van der Waals surface area contributed by atoms with Crippen molar-refractivity contribution in [2.24, 2.45) is 0 Å². The van der Waals surface area contributed by atoms with Crippen molar-refractivity contribution in [3.05, 3.63) is 83.2 Å². The minimum Gasteiger partial charge on any atom is -0.360 e. The lowest BCUT2D eigenvalue weighted by Crippen LogP contribution is -2.12. The SMILES string of the molecule is O=C(Nc1cccc(C#Cc2ccccc2)c1)c1cc(C2CC2)on1. The van der Waals surface area contributed by atoms with Crippen LogP contribution in [0.15, 0.2) is 65.2 Å². The van der Waals surface area contributed by atoms with Crippen LogP contribution in [0.1, 0.15) is 46.1 Å². The van der Waals surface area contributed by atoms with Crippen molar-refractivity contribution in [2.45, 2.75) is 18.8 Å². The van der Waals surface area contributed by atoms with Crippen LogP contribution < -0.4 is 5.32 Å². The standard InChI is InChI=1S/C21H16N2O2/c24-21(19-14-20(25-23-19)17-11-12-17)22-18-8-4-7-16(13-18)10-9-15-5-2-1-3-6-15/h1-8,13-14,17H,11-12H2,(H,22,24). The van der Waals surface area contributed by atoms with Crippen molar-refractivity contribution < 1.29 is 9.32 Å². The highest BCUT2D eigenvalue weighted by molar-refractivity contribution is 6.02. The number of anilines is 1. The molecule has 4 nitrogen and oxygen atoms in total. The lowest BCUT2D eigenvalue weighted by molar-refractivity contribution is 0.101. The van der Waals surface area contributed by atoms with Gasteiger partial charge in [0.05, 0.1) is 0 Å². The van der Waals surface area contributed by atoms with Gasteiger partial charge in [-0.2, -0.15) is 0 Å². The Bertz CT molecular complexity index is 960. The smallest absolute Gasteiger partial charge is 0.277 e. The normalized spacial score (nSPS) is 13.0. The lowest BCUT2D eigenvalue weighted by Gasteiger charge is -2.02. The first kappa shape index (κ1) is 15.2. The summed E-state index contributed by atoms with van der Waals surface area (Å²) in [7, 11) is 0. The number of amides is 1. The Hall–Kier alpha value is -3.32. The number of rotatable bonds is 3. The maximum atomic E-state index is 12.3. The molecule has 4 heteroatoms. The van der Waals surface area contributed by atoms with E-state index >= 15 is 0 Å². The molecule has 0 spiro atoms. The topological polar surface area (TPSA) is 55.1 Å². The molecule has 4 rings (SSSR count). The van der Waals surface area contributed by atoms with Crippen LogP contribution in [0, 0.1) is 11.8 Å². The minimum absolute atomic E-state index is 0.274. The summed E-state index contributed by atoms with van der Waals surface area (Å²) in [6.45, 7) is 0. The summed E-state index contributed by atoms with van der Waals surface area (Å²) in [5.41, 5.74) is 2.77. The van der Waals surface area contributed by atoms with Crippen molar-refractivity contribution in [2.75, 3.05) is 5.32 Å². The highest BCUT2D eigenvalue weighted by Crippen LogP contribution is 2.40. The number of nitrogens with one attached hydrogen (secondary N) is 1. The first-order valence-corrected chi connectivity index (χ1v) is 8.23. The van der Waals surface area contributed by atoms with E-state index in [1.165, 1.54) is 0 Å². The summed E-state index contributed by atoms with van der Waals surface area (Å²) in [4.78, 5) is 12.3. The Morgan fingerprint density at radius 1 is 1.00 bits per heavy atom. The zero-order valence-corrected chi connectivity index (χ0v) is 13.5. The predicted octanol–water partition coefficient (Wildman–Crippen LogP) is 4.20. The van der Waals surface area contributed by atoms with E-state index in [2.05, 4.69) is 22.3 Å². The number of benzene rings is 2. The number of hydrogen-bond donors (Lipinski definition) is 1. The lowest BCUT2D eigenvalue weighted by atomic mass is 10.1. The summed E-state index contributed by atoms with van der Waals surface area (Å²) in [5, 5.41) is 6.70. The first-order valence-electron chi connectivity index (χ1n) is 8.23. The van der Waals surface area contributed by atoms with Gasteiger partial charge in [-0.25, -0.2) is 0 Å². The largest absolute Gasteiger partial charge is 0.360 e. The van der Waals surface area contributed by atoms with Crippen molar-refractivity contribution in [3.63, 3.8) is 0 Å². The van der Waals surface area contributed by atoms with E-state index in [4.69, 9.17) is 4.52 Å². The van der Waals surface area contributed by atoms with Crippen molar-refractivity contribution in [3.8, 4) is 11.8 Å². The zero-order chi connectivity index (χ0) is 17.1. The molecular formula is C21H16N2O2. The second-order valence-electron chi connectivity index (χ2n) is 6.04. The van der Waals surface area contributed by atoms with E-state index in [0.717, 1.165) is 29.7 Å². The van der Waals surface area contributed by atoms with Gasteiger partial charge in [-0.1, -0.05) is 41.3 Å². The summed E-state index contributed by atoms with van der Waals surface area (Å²) in [6, 6.07) is 19.0. The second-order valence-corrected chi connectivity index (χ2v) is 6.04. The average molecular weight is 328 g/mol. The zero-order valence-electron chi connectivity index (χ0n) is 13.5. The quantitative estimate of drug-likeness (QED) is 0.733. The molecule has 0 bridgehead atoms. The van der Waals surface area contributed by atoms with Crippen LogP contribution in [0.5, 0.6) is 0 Å². The Morgan fingerprint density at radius 3 is 2.56 bits per heavy atom. The fourth-order valence-corrected chi connectivity index (χ4v) is 2.49. The van der Waals surface area contributed by atoms with Crippen LogP contribution in [-0.4, -0.2) is 11.1 Å². The summed E-state index contributed by atoms with van der Waals surface area (Å²) >= 11 is 0. The maximum Gasteiger partial charge on any atom is 0.277 e. The van der Waals surface area contributed by atoms with E-state index < -0.39 is 0 Å². The number of nitrogens with zero attached hydrogens (tertiary/aromatic N) is 1. The van der Waals surface area contributed by atoms with Crippen LogP contribution in [0.4, 0.5) is 5.69 Å². The highest BCUT2D eigenvalue weighted by atomic mass is 16.5. The molecule has 1 saturated carbocycles. The number of aromatic nitrogens is 1. The summed E-state index contributed by atoms with van der Waals surface area (Å²) in [5.74, 6) is 7.17. The van der Waals surface area contributed by atoms with Crippen LogP contribution in [-0.2, 0) is 0 Å². The highest BCUT2D eigenvalue weighted by Gasteiger charge is 2.28. The van der Waals surface area contributed by atoms with Gasteiger partial charge in [-0.05, 0) is 43.2 Å². The molecule has 1 heterocycles. The van der Waals surface area contributed by atoms with Crippen LogP contribution in [0.3, 0.4) is 0 Å². The molecule has 2 aromatic carbocycles. The van der Waals surface area contributed by atoms with Gasteiger partial charge in [0.15, 0.2) is 5.69 Å². The molecule has 1 fully saturated rings. The number of carbonyl (C=O) groups excluding carboxylic acids is 1. The van der Waals surface area contributed by atoms with E-state index in [-0.39, 0.29) is 5.91 Å². The van der Waals surface area contributed by atoms with Gasteiger partial charge in [-0.3, -0.25) is 4.79 Å². The molecule has 0 unspecified atom stereocenters. The fourth-order valence-electron chi connectivity index (χ4n) is 2.49. The molecule has 0 atom stereocenters. The maximum absolute atomic E-state index is 12.3. The third-order valence-corrected chi connectivity index (χ3v) is 3.99. The molecule has 0 aliphatic heterocycles. The molecule has 1 amide bonds. The Labute approximate surface area is 145 Å². The van der Waals surface area contributed by atoms with Crippen LogP contribution in [0.25, 0.3) is 0 Å². The Balaban J connectivity index is 1.47. The minimum atomic E-state index is -0.274. The van der Waals surface area contributed by atoms with Gasteiger partial charge in [0.1, 0.15) is 5.76 Å². The third kappa shape index (κ3) is 3.78. The molecule has 3 aromatic rings. The molecular weight excluding hydrogens is 312 g/mol. The number of carbonyl (C=O) groups is 1. The molecule has 0 saturated heterocycles. The molecule has 122 valence electrons. The van der Waals surface area contributed by atoms with Crippen LogP contribution in [0.2, 0.25) is 0 Å². The van der Waals surface area contributed by atoms with Gasteiger partial charge >= 0.3 is 0 Å². The third-order valence-electron chi connectivity index (χ3n) is 3.99. The predicted molar refractivity (Wildman–Crippen MR) is 95.3 cm³/mol. The van der Waals surface area contributed by atoms with E-state index in [1.54, 1.807) is 6.07 Å². The van der Waals surface area contributed by atoms with E-state index in [9.17, 15) is 4.79 Å². The fraction of sp³-hybridized carbons (Fsp3) is 0.143. The molecule has 1 aliphatic carbocycles. The number of hydrogen-bond acceptors (Lipinski definition) is 3. The van der Waals surface area contributed by atoms with E-state index in [0.29, 0.717) is 17.3 Å². The van der Waals surface area contributed by atoms with Gasteiger partial charge < -0.3 is 9.84 Å². The van der Waals surface area contributed by atoms with Crippen LogP contribution >= 0.6 is 0 Å². The molecule has 1 aliphatic rings. The van der Waals surface area contributed by atoms with Crippen molar-refractivity contribution >= 4 is 11.6 Å². The molecule has 1 N–H and O–H groups in total. The Morgan fingerprint density at radius 2 is 1.76 bits per heavy atom. The molecule has 0 radical (unpaired) electrons. The summed E-state index contributed by atoms with van der Waals surface area (Å²) < 4.78 is 5.23. The van der Waals surface area contributed by atoms with Gasteiger partial charge in [0.25, 0.3) is 5.91 Å². The van der Waals surface area contributed by atoms with Crippen molar-refractivity contribution in [1.82, 2.24) is 5.16 Å². The Kier molecular flexibility index (Phi) is 4.05. The first-order chi connectivity index (χ1) is 12.3. The summed E-state index contributed by atoms with van der Waals surface area (Å²) in [6.07, 6.45) is 2.22. The van der Waals surface area contributed by atoms with Gasteiger partial charge in [0, 0.05) is 28.8 Å². The van der Waals surface area contributed by atoms with E-state index in [1.807, 2.05) is 54.6 Å². The van der Waals surface area contributed by atoms with Crippen molar-refractivity contribution in [1.29, 1.82) is 0 Å². The van der Waals surface area contributed by atoms with Gasteiger partial charge in [-0.15, -0.1) is 0 Å². The van der Waals surface area contributed by atoms with Gasteiger partial charge in [0.2, 0.25) is 0 Å².